The molecular weight excluding hydrogens is 302 g/mol. The summed E-state index contributed by atoms with van der Waals surface area (Å²) in [5.74, 6) is 1.52. The van der Waals surface area contributed by atoms with Gasteiger partial charge in [-0.2, -0.15) is 0 Å². The van der Waals surface area contributed by atoms with E-state index in [-0.39, 0.29) is 11.5 Å². The van der Waals surface area contributed by atoms with Crippen LogP contribution in [0, 0.1) is 5.92 Å². The number of methoxy groups -OCH3 is 1. The lowest BCUT2D eigenvalue weighted by Crippen LogP contribution is -2.62. The van der Waals surface area contributed by atoms with Gasteiger partial charge >= 0.3 is 6.09 Å². The first-order chi connectivity index (χ1) is 11.7. The first kappa shape index (κ1) is 15.8. The van der Waals surface area contributed by atoms with Crippen LogP contribution >= 0.6 is 0 Å². The number of fused-ring (bicyclic) bond motifs is 1. The third kappa shape index (κ3) is 2.22. The summed E-state index contributed by atoms with van der Waals surface area (Å²) in [6.45, 7) is 3.15. The molecule has 3 atom stereocenters. The lowest BCUT2D eigenvalue weighted by Gasteiger charge is -2.58. The molecule has 1 heterocycles. The molecule has 2 fully saturated rings. The van der Waals surface area contributed by atoms with Crippen LogP contribution in [-0.4, -0.2) is 37.3 Å². The van der Waals surface area contributed by atoms with Crippen LogP contribution in [-0.2, 0) is 16.6 Å². The van der Waals surface area contributed by atoms with Gasteiger partial charge in [0, 0.05) is 18.0 Å². The molecule has 0 aromatic heterocycles. The highest BCUT2D eigenvalue weighted by Gasteiger charge is 2.55. The molecule has 4 nitrogen and oxygen atoms in total. The Labute approximate surface area is 144 Å². The van der Waals surface area contributed by atoms with Crippen molar-refractivity contribution >= 4 is 6.09 Å². The molecule has 1 aliphatic heterocycles. The minimum absolute atomic E-state index is 0.126. The van der Waals surface area contributed by atoms with Gasteiger partial charge in [0.25, 0.3) is 0 Å². The van der Waals surface area contributed by atoms with Gasteiger partial charge in [-0.15, -0.1) is 0 Å². The first-order valence-electron chi connectivity index (χ1n) is 9.30. The van der Waals surface area contributed by atoms with Gasteiger partial charge in [-0.1, -0.05) is 18.9 Å². The van der Waals surface area contributed by atoms with E-state index in [4.69, 9.17) is 9.47 Å². The maximum absolute atomic E-state index is 12.5. The van der Waals surface area contributed by atoms with Crippen molar-refractivity contribution < 1.29 is 14.3 Å². The highest BCUT2D eigenvalue weighted by atomic mass is 16.6. The molecular formula is C20H27NO3. The van der Waals surface area contributed by atoms with E-state index in [9.17, 15) is 4.79 Å². The fourth-order valence-corrected chi connectivity index (χ4v) is 5.54. The van der Waals surface area contributed by atoms with Gasteiger partial charge < -0.3 is 14.4 Å². The SMILES string of the molecule is CCOC(=O)N1CC[C@@]23CCCC[C@@H]2[C@H]1Cc1ccc(OC)cc13. The van der Waals surface area contributed by atoms with E-state index in [1.807, 2.05) is 11.8 Å². The average Bonchev–Trinajstić information content (AvgIpc) is 2.61. The standard InChI is InChI=1S/C20H27NO3/c1-3-24-19(22)21-11-10-20-9-5-4-6-16(20)18(21)12-14-7-8-15(23-2)13-17(14)20/h7-8,13,16,18H,3-6,9-12H2,1-2H3/t16-,18-,20+/m1/s1. The number of hydrogen-bond acceptors (Lipinski definition) is 3. The third-order valence-electron chi connectivity index (χ3n) is 6.55. The second-order valence-corrected chi connectivity index (χ2v) is 7.45. The van der Waals surface area contributed by atoms with Crippen molar-refractivity contribution in [3.8, 4) is 5.75 Å². The van der Waals surface area contributed by atoms with Crippen molar-refractivity contribution in [3.63, 3.8) is 0 Å². The number of hydrogen-bond donors (Lipinski definition) is 0. The molecule has 4 rings (SSSR count). The number of rotatable bonds is 2. The molecule has 0 radical (unpaired) electrons. The van der Waals surface area contributed by atoms with E-state index >= 15 is 0 Å². The summed E-state index contributed by atoms with van der Waals surface area (Å²) in [7, 11) is 1.74. The predicted octanol–water partition coefficient (Wildman–Crippen LogP) is 3.91. The average molecular weight is 329 g/mol. The zero-order valence-electron chi connectivity index (χ0n) is 14.7. The van der Waals surface area contributed by atoms with Crippen LogP contribution in [0.2, 0.25) is 0 Å². The molecule has 1 aromatic rings. The van der Waals surface area contributed by atoms with Crippen LogP contribution in [0.4, 0.5) is 4.79 Å². The number of piperidine rings is 1. The Hall–Kier alpha value is -1.71. The van der Waals surface area contributed by atoms with Crippen LogP contribution in [0.3, 0.4) is 0 Å². The largest absolute Gasteiger partial charge is 0.497 e. The van der Waals surface area contributed by atoms with E-state index < -0.39 is 0 Å². The molecule has 4 heteroatoms. The number of ether oxygens (including phenoxy) is 2. The molecule has 1 amide bonds. The van der Waals surface area contributed by atoms with Crippen molar-refractivity contribution in [1.29, 1.82) is 0 Å². The monoisotopic (exact) mass is 329 g/mol. The Kier molecular flexibility index (Phi) is 3.93. The van der Waals surface area contributed by atoms with E-state index in [2.05, 4.69) is 18.2 Å². The number of nitrogens with zero attached hydrogens (tertiary/aromatic N) is 1. The topological polar surface area (TPSA) is 38.8 Å². The molecule has 0 spiro atoms. The lowest BCUT2D eigenvalue weighted by molar-refractivity contribution is -0.0110. The van der Waals surface area contributed by atoms with Crippen molar-refractivity contribution in [2.45, 2.75) is 56.9 Å². The summed E-state index contributed by atoms with van der Waals surface area (Å²) in [5.41, 5.74) is 3.12. The molecule has 2 bridgehead atoms. The van der Waals surface area contributed by atoms with Gasteiger partial charge in [0.15, 0.2) is 0 Å². The van der Waals surface area contributed by atoms with Crippen molar-refractivity contribution in [1.82, 2.24) is 4.90 Å². The summed E-state index contributed by atoms with van der Waals surface area (Å²) in [4.78, 5) is 14.5. The summed E-state index contributed by atoms with van der Waals surface area (Å²) in [6, 6.07) is 6.83. The van der Waals surface area contributed by atoms with Crippen molar-refractivity contribution in [2.24, 2.45) is 5.92 Å². The number of amides is 1. The summed E-state index contributed by atoms with van der Waals surface area (Å²) in [5, 5.41) is 0. The van der Waals surface area contributed by atoms with Gasteiger partial charge in [0.2, 0.25) is 0 Å². The van der Waals surface area contributed by atoms with Crippen LogP contribution in [0.1, 0.15) is 50.2 Å². The first-order valence-corrected chi connectivity index (χ1v) is 9.30. The maximum Gasteiger partial charge on any atom is 0.410 e. The van der Waals surface area contributed by atoms with Gasteiger partial charge in [-0.05, 0) is 61.8 Å². The maximum atomic E-state index is 12.5. The van der Waals surface area contributed by atoms with Gasteiger partial charge in [-0.25, -0.2) is 4.79 Å². The van der Waals surface area contributed by atoms with Crippen molar-refractivity contribution in [3.05, 3.63) is 29.3 Å². The summed E-state index contributed by atoms with van der Waals surface area (Å²) >= 11 is 0. The second-order valence-electron chi connectivity index (χ2n) is 7.45. The molecule has 0 N–H and O–H groups in total. The Morgan fingerprint density at radius 2 is 2.21 bits per heavy atom. The lowest BCUT2D eigenvalue weighted by atomic mass is 9.52. The molecule has 3 aliphatic rings. The quantitative estimate of drug-likeness (QED) is 0.826. The Balaban J connectivity index is 1.77. The molecule has 1 aromatic carbocycles. The third-order valence-corrected chi connectivity index (χ3v) is 6.55. The number of carbonyl (C=O) groups is 1. The predicted molar refractivity (Wildman–Crippen MR) is 92.5 cm³/mol. The minimum Gasteiger partial charge on any atom is -0.497 e. The number of benzene rings is 1. The molecule has 1 saturated carbocycles. The molecule has 2 aliphatic carbocycles. The van der Waals surface area contributed by atoms with E-state index in [0.717, 1.165) is 25.1 Å². The minimum atomic E-state index is -0.126. The second kappa shape index (κ2) is 5.98. The Morgan fingerprint density at radius 3 is 3.00 bits per heavy atom. The van der Waals surface area contributed by atoms with Gasteiger partial charge in [-0.3, -0.25) is 0 Å². The fraction of sp³-hybridized carbons (Fsp3) is 0.650. The zero-order chi connectivity index (χ0) is 16.7. The smallest absolute Gasteiger partial charge is 0.410 e. The number of likely N-dealkylation sites (tertiary alicyclic amines) is 1. The Morgan fingerprint density at radius 1 is 1.33 bits per heavy atom. The van der Waals surface area contributed by atoms with E-state index in [1.165, 1.54) is 36.8 Å². The van der Waals surface area contributed by atoms with Gasteiger partial charge in [0.1, 0.15) is 5.75 Å². The fourth-order valence-electron chi connectivity index (χ4n) is 5.54. The summed E-state index contributed by atoms with van der Waals surface area (Å²) < 4.78 is 10.8. The molecule has 130 valence electrons. The van der Waals surface area contributed by atoms with Crippen LogP contribution in [0.5, 0.6) is 5.75 Å². The van der Waals surface area contributed by atoms with Crippen LogP contribution < -0.4 is 4.74 Å². The molecule has 24 heavy (non-hydrogen) atoms. The van der Waals surface area contributed by atoms with Gasteiger partial charge in [0.05, 0.1) is 13.7 Å². The normalized spacial score (nSPS) is 31.0. The highest BCUT2D eigenvalue weighted by Crippen LogP contribution is 2.56. The molecule has 1 saturated heterocycles. The number of carbonyl (C=O) groups excluding carboxylic acids is 1. The van der Waals surface area contributed by atoms with E-state index in [0.29, 0.717) is 18.6 Å². The van der Waals surface area contributed by atoms with Crippen LogP contribution in [0.25, 0.3) is 0 Å². The van der Waals surface area contributed by atoms with Crippen LogP contribution in [0.15, 0.2) is 18.2 Å². The highest BCUT2D eigenvalue weighted by molar-refractivity contribution is 5.69. The zero-order valence-corrected chi connectivity index (χ0v) is 14.7. The Bertz CT molecular complexity index is 644. The molecule has 0 unspecified atom stereocenters. The van der Waals surface area contributed by atoms with Crippen molar-refractivity contribution in [2.75, 3.05) is 20.3 Å². The van der Waals surface area contributed by atoms with E-state index in [1.54, 1.807) is 7.11 Å². The summed E-state index contributed by atoms with van der Waals surface area (Å²) in [6.07, 6.45) is 6.90.